The fourth-order valence-electron chi connectivity index (χ4n) is 9.13. The smallest absolute Gasteiger partial charge is 0.143 e. The lowest BCUT2D eigenvalue weighted by molar-refractivity contribution is 0.664. The lowest BCUT2D eigenvalue weighted by Crippen LogP contribution is -2.10. The summed E-state index contributed by atoms with van der Waals surface area (Å²) in [5.74, 6) is 0. The van der Waals surface area contributed by atoms with Crippen molar-refractivity contribution in [3.63, 3.8) is 0 Å². The molecule has 0 saturated heterocycles. The van der Waals surface area contributed by atoms with Crippen LogP contribution in [-0.2, 0) is 0 Å². The molecule has 10 aromatic carbocycles. The first-order valence-electron chi connectivity index (χ1n) is 21.4. The summed E-state index contributed by atoms with van der Waals surface area (Å²) in [6.45, 7) is 0. The third-order valence-corrected chi connectivity index (χ3v) is 12.3. The number of nitrogens with zero attached hydrogens (tertiary/aromatic N) is 1. The molecule has 0 radical (unpaired) electrons. The highest BCUT2D eigenvalue weighted by atomic mass is 16.3. The summed E-state index contributed by atoms with van der Waals surface area (Å²) in [4.78, 5) is 2.35. The van der Waals surface area contributed by atoms with Crippen LogP contribution in [0.3, 0.4) is 0 Å². The Morgan fingerprint density at radius 1 is 0.270 bits per heavy atom. The van der Waals surface area contributed by atoms with E-state index < -0.39 is 0 Å². The summed E-state index contributed by atoms with van der Waals surface area (Å²) in [6.07, 6.45) is 0. The van der Waals surface area contributed by atoms with Crippen molar-refractivity contribution in [1.82, 2.24) is 0 Å². The lowest BCUT2D eigenvalue weighted by Gasteiger charge is -2.26. The van der Waals surface area contributed by atoms with Gasteiger partial charge in [0.05, 0.1) is 11.1 Å². The Balaban J connectivity index is 0.974. The van der Waals surface area contributed by atoms with Gasteiger partial charge in [0.2, 0.25) is 0 Å². The quantitative estimate of drug-likeness (QED) is 0.153. The molecule has 0 atom stereocenters. The van der Waals surface area contributed by atoms with Gasteiger partial charge < -0.3 is 13.7 Å². The molecule has 3 nitrogen and oxygen atoms in total. The maximum absolute atomic E-state index is 6.75. The van der Waals surface area contributed by atoms with Gasteiger partial charge in [0, 0.05) is 33.1 Å². The predicted octanol–water partition coefficient (Wildman–Crippen LogP) is 17.3. The van der Waals surface area contributed by atoms with Crippen molar-refractivity contribution in [3.05, 3.63) is 237 Å². The summed E-state index contributed by atoms with van der Waals surface area (Å²) >= 11 is 0. The number of hydrogen-bond acceptors (Lipinski definition) is 3. The zero-order valence-corrected chi connectivity index (χ0v) is 34.3. The highest BCUT2D eigenvalue weighted by Gasteiger charge is 2.22. The van der Waals surface area contributed by atoms with Crippen molar-refractivity contribution in [2.75, 3.05) is 4.90 Å². The van der Waals surface area contributed by atoms with Crippen LogP contribution in [0.1, 0.15) is 0 Å². The Labute approximate surface area is 365 Å². The predicted molar refractivity (Wildman–Crippen MR) is 263 cm³/mol. The molecule has 0 N–H and O–H groups in total. The van der Waals surface area contributed by atoms with Gasteiger partial charge in [0.1, 0.15) is 22.3 Å². The summed E-state index contributed by atoms with van der Waals surface area (Å²) in [7, 11) is 0. The van der Waals surface area contributed by atoms with Crippen molar-refractivity contribution >= 4 is 60.9 Å². The second-order valence-corrected chi connectivity index (χ2v) is 16.1. The highest BCUT2D eigenvalue weighted by Crippen LogP contribution is 2.46. The van der Waals surface area contributed by atoms with E-state index in [0.717, 1.165) is 83.2 Å². The first-order chi connectivity index (χ1) is 31.2. The van der Waals surface area contributed by atoms with Crippen molar-refractivity contribution in [1.29, 1.82) is 0 Å². The van der Waals surface area contributed by atoms with Crippen LogP contribution in [0.15, 0.2) is 245 Å². The molecule has 0 spiro atoms. The van der Waals surface area contributed by atoms with Gasteiger partial charge in [-0.25, -0.2) is 0 Å². The summed E-state index contributed by atoms with van der Waals surface area (Å²) in [6, 6.07) is 83.9. The van der Waals surface area contributed by atoms with E-state index in [1.54, 1.807) is 0 Å². The van der Waals surface area contributed by atoms with E-state index in [4.69, 9.17) is 8.83 Å². The second-order valence-electron chi connectivity index (χ2n) is 16.1. The van der Waals surface area contributed by atoms with Crippen LogP contribution in [0.25, 0.3) is 99.5 Å². The molecule has 0 aliphatic heterocycles. The average molecular weight is 806 g/mol. The maximum Gasteiger partial charge on any atom is 0.143 e. The molecule has 3 heteroatoms. The minimum Gasteiger partial charge on any atom is -0.456 e. The van der Waals surface area contributed by atoms with E-state index in [-0.39, 0.29) is 0 Å². The van der Waals surface area contributed by atoms with Crippen LogP contribution in [0, 0.1) is 0 Å². The third-order valence-electron chi connectivity index (χ3n) is 12.3. The minimum atomic E-state index is 0.819. The molecule has 12 aromatic rings. The molecule has 0 aliphatic rings. The normalized spacial score (nSPS) is 11.5. The third kappa shape index (κ3) is 6.55. The van der Waals surface area contributed by atoms with Crippen molar-refractivity contribution in [2.24, 2.45) is 0 Å². The van der Waals surface area contributed by atoms with E-state index in [0.29, 0.717) is 0 Å². The highest BCUT2D eigenvalue weighted by molar-refractivity contribution is 6.19. The molecular weight excluding hydrogens is 767 g/mol. The molecule has 2 aromatic heterocycles. The largest absolute Gasteiger partial charge is 0.456 e. The second kappa shape index (κ2) is 15.3. The van der Waals surface area contributed by atoms with Gasteiger partial charge in [-0.3, -0.25) is 0 Å². The van der Waals surface area contributed by atoms with E-state index in [1.807, 2.05) is 6.07 Å². The van der Waals surface area contributed by atoms with E-state index >= 15 is 0 Å². The Hall–Kier alpha value is -8.40. The Bertz CT molecular complexity index is 3430. The van der Waals surface area contributed by atoms with Crippen LogP contribution in [0.4, 0.5) is 17.1 Å². The zero-order chi connectivity index (χ0) is 41.7. The molecule has 0 bridgehead atoms. The van der Waals surface area contributed by atoms with Gasteiger partial charge in [-0.15, -0.1) is 0 Å². The van der Waals surface area contributed by atoms with Gasteiger partial charge >= 0.3 is 0 Å². The van der Waals surface area contributed by atoms with Crippen molar-refractivity contribution in [3.8, 4) is 55.6 Å². The number of hydrogen-bond donors (Lipinski definition) is 0. The van der Waals surface area contributed by atoms with E-state index in [1.165, 1.54) is 33.4 Å². The summed E-state index contributed by atoms with van der Waals surface area (Å²) in [5.41, 5.74) is 18.1. The van der Waals surface area contributed by atoms with Crippen LogP contribution in [-0.4, -0.2) is 0 Å². The van der Waals surface area contributed by atoms with Crippen LogP contribution in [0.2, 0.25) is 0 Å². The lowest BCUT2D eigenvalue weighted by atomic mass is 9.99. The molecule has 0 amide bonds. The Kier molecular flexibility index (Phi) is 8.83. The number of para-hydroxylation sites is 1. The molecule has 0 unspecified atom stereocenters. The fourth-order valence-corrected chi connectivity index (χ4v) is 9.13. The molecule has 0 fully saturated rings. The van der Waals surface area contributed by atoms with Crippen LogP contribution in [0.5, 0.6) is 0 Å². The Morgan fingerprint density at radius 3 is 1.19 bits per heavy atom. The number of benzene rings is 10. The van der Waals surface area contributed by atoms with Crippen molar-refractivity contribution < 1.29 is 8.83 Å². The maximum atomic E-state index is 6.75. The number of rotatable bonds is 8. The van der Waals surface area contributed by atoms with Crippen LogP contribution < -0.4 is 4.90 Å². The minimum absolute atomic E-state index is 0.819. The van der Waals surface area contributed by atoms with Crippen LogP contribution >= 0.6 is 0 Å². The summed E-state index contributed by atoms with van der Waals surface area (Å²) < 4.78 is 13.5. The fraction of sp³-hybridized carbons (Fsp3) is 0. The molecule has 0 aliphatic carbocycles. The van der Waals surface area contributed by atoms with E-state index in [2.05, 4.69) is 235 Å². The SMILES string of the molecule is c1ccc(-c2ccc(-c3ccc(N(c4ccc(-c5ccc(-c6ccccc6)cc5)cc4)c4cccc5oc6cc7c(cc6c45)oc4c(-c5ccccc5)cccc47)cc3)cc2)cc1. The molecule has 296 valence electrons. The molecule has 2 heterocycles. The molecular formula is C60H39NO2. The standard InChI is InChI=1S/C60H39NO2/c1-4-12-40(13-5-1)42-22-26-44(27-23-42)46-30-34-49(35-31-46)61(50-36-32-47(33-37-50)45-28-24-43(25-29-45)41-14-6-2-7-15-41)55-20-11-21-56-59(55)54-39-57-53(38-58(54)62-56)52-19-10-18-51(60(52)63-57)48-16-8-3-9-17-48/h1-39H. The average Bonchev–Trinajstić information content (AvgIpc) is 3.92. The first kappa shape index (κ1) is 36.5. The summed E-state index contributed by atoms with van der Waals surface area (Å²) in [5, 5.41) is 4.13. The van der Waals surface area contributed by atoms with Gasteiger partial charge in [-0.05, 0) is 98.6 Å². The topological polar surface area (TPSA) is 29.5 Å². The van der Waals surface area contributed by atoms with Gasteiger partial charge in [-0.1, -0.05) is 188 Å². The Morgan fingerprint density at radius 2 is 0.683 bits per heavy atom. The van der Waals surface area contributed by atoms with Gasteiger partial charge in [0.15, 0.2) is 0 Å². The van der Waals surface area contributed by atoms with E-state index in [9.17, 15) is 0 Å². The number of fused-ring (bicyclic) bond motifs is 6. The molecule has 12 rings (SSSR count). The number of anilines is 3. The molecule has 0 saturated carbocycles. The number of furan rings is 2. The van der Waals surface area contributed by atoms with Gasteiger partial charge in [0.25, 0.3) is 0 Å². The monoisotopic (exact) mass is 805 g/mol. The van der Waals surface area contributed by atoms with Crippen molar-refractivity contribution in [2.45, 2.75) is 0 Å². The molecule has 63 heavy (non-hydrogen) atoms. The zero-order valence-electron chi connectivity index (χ0n) is 34.3. The van der Waals surface area contributed by atoms with Gasteiger partial charge in [-0.2, -0.15) is 0 Å². The first-order valence-corrected chi connectivity index (χ1v) is 21.4.